The molecule has 1 N–H and O–H groups in total. The maximum absolute atomic E-state index is 5.84. The molecule has 3 aromatic rings. The molecule has 1 aromatic heterocycles. The number of nitrogens with zero attached hydrogens (tertiary/aromatic N) is 1. The van der Waals surface area contributed by atoms with E-state index in [-0.39, 0.29) is 6.10 Å². The first kappa shape index (κ1) is 16.7. The van der Waals surface area contributed by atoms with Crippen LogP contribution in [0.4, 0.5) is 5.69 Å². The van der Waals surface area contributed by atoms with Crippen molar-refractivity contribution in [3.63, 3.8) is 0 Å². The van der Waals surface area contributed by atoms with Gasteiger partial charge in [-0.05, 0) is 43.3 Å². The van der Waals surface area contributed by atoms with Gasteiger partial charge in [0.25, 0.3) is 0 Å². The molecule has 0 spiro atoms. The van der Waals surface area contributed by atoms with Crippen LogP contribution in [0.1, 0.15) is 6.92 Å². The topological polar surface area (TPSA) is 52.6 Å². The second kappa shape index (κ2) is 6.88. The lowest BCUT2D eigenvalue weighted by Gasteiger charge is -2.25. The van der Waals surface area contributed by atoms with E-state index in [0.29, 0.717) is 11.5 Å². The van der Waals surface area contributed by atoms with E-state index in [1.54, 1.807) is 25.6 Å². The van der Waals surface area contributed by atoms with Crippen LogP contribution in [0.15, 0.2) is 41.8 Å². The minimum Gasteiger partial charge on any atom is -0.493 e. The zero-order valence-electron chi connectivity index (χ0n) is 14.9. The Morgan fingerprint density at radius 1 is 1.08 bits per heavy atom. The van der Waals surface area contributed by atoms with E-state index in [4.69, 9.17) is 19.2 Å². The van der Waals surface area contributed by atoms with Gasteiger partial charge in [0.05, 0.1) is 32.1 Å². The van der Waals surface area contributed by atoms with E-state index in [2.05, 4.69) is 23.7 Å². The summed E-state index contributed by atoms with van der Waals surface area (Å²) in [6.07, 6.45) is 0.185. The molecule has 6 heteroatoms. The summed E-state index contributed by atoms with van der Waals surface area (Å²) in [6.45, 7) is 2.87. The van der Waals surface area contributed by atoms with Crippen molar-refractivity contribution in [3.8, 4) is 39.1 Å². The van der Waals surface area contributed by atoms with Gasteiger partial charge >= 0.3 is 0 Å². The SMILES string of the molecule is COc1ccc(-c2nc(-c3ccc4c(c3)NCC(C)O4)cs2)cc1OC. The van der Waals surface area contributed by atoms with Crippen LogP contribution in [-0.2, 0) is 0 Å². The highest BCUT2D eigenvalue weighted by Crippen LogP contribution is 2.37. The largest absolute Gasteiger partial charge is 0.493 e. The fourth-order valence-electron chi connectivity index (χ4n) is 2.95. The van der Waals surface area contributed by atoms with Gasteiger partial charge in [-0.3, -0.25) is 0 Å². The first-order valence-corrected chi connectivity index (χ1v) is 9.29. The second-order valence-electron chi connectivity index (χ2n) is 6.13. The third-order valence-corrected chi connectivity index (χ3v) is 5.21. The molecule has 0 bridgehead atoms. The van der Waals surface area contributed by atoms with Crippen molar-refractivity contribution in [1.82, 2.24) is 4.98 Å². The van der Waals surface area contributed by atoms with Crippen molar-refractivity contribution in [2.45, 2.75) is 13.0 Å². The lowest BCUT2D eigenvalue weighted by Crippen LogP contribution is -2.27. The summed E-state index contributed by atoms with van der Waals surface area (Å²) in [5, 5.41) is 6.42. The molecule has 1 aliphatic heterocycles. The van der Waals surface area contributed by atoms with E-state index in [0.717, 1.165) is 39.8 Å². The van der Waals surface area contributed by atoms with Crippen LogP contribution in [0, 0.1) is 0 Å². The molecule has 0 saturated heterocycles. The van der Waals surface area contributed by atoms with E-state index < -0.39 is 0 Å². The number of fused-ring (bicyclic) bond motifs is 1. The van der Waals surface area contributed by atoms with E-state index >= 15 is 0 Å². The molecule has 2 aromatic carbocycles. The lowest BCUT2D eigenvalue weighted by atomic mass is 10.1. The number of ether oxygens (including phenoxy) is 3. The van der Waals surface area contributed by atoms with Crippen LogP contribution >= 0.6 is 11.3 Å². The van der Waals surface area contributed by atoms with Gasteiger partial charge in [-0.15, -0.1) is 11.3 Å². The zero-order chi connectivity index (χ0) is 18.1. The Morgan fingerprint density at radius 2 is 1.88 bits per heavy atom. The van der Waals surface area contributed by atoms with Crippen LogP contribution in [-0.4, -0.2) is 31.9 Å². The quantitative estimate of drug-likeness (QED) is 0.724. The molecule has 1 aliphatic rings. The first-order chi connectivity index (χ1) is 12.7. The molecule has 1 unspecified atom stereocenters. The fraction of sp³-hybridized carbons (Fsp3) is 0.250. The number of benzene rings is 2. The Labute approximate surface area is 156 Å². The predicted octanol–water partition coefficient (Wildman–Crippen LogP) is 4.69. The molecular weight excluding hydrogens is 348 g/mol. The Hall–Kier alpha value is -2.73. The van der Waals surface area contributed by atoms with Gasteiger partial charge in [0.15, 0.2) is 11.5 Å². The van der Waals surface area contributed by atoms with Crippen molar-refractivity contribution < 1.29 is 14.2 Å². The normalized spacial score (nSPS) is 15.6. The molecule has 26 heavy (non-hydrogen) atoms. The number of thiazole rings is 1. The van der Waals surface area contributed by atoms with Crippen LogP contribution < -0.4 is 19.5 Å². The van der Waals surface area contributed by atoms with E-state index in [1.807, 2.05) is 30.3 Å². The number of aromatic nitrogens is 1. The highest BCUT2D eigenvalue weighted by atomic mass is 32.1. The standard InChI is InChI=1S/C20H20N2O3S/c1-12-10-21-15-8-13(4-6-17(15)25-12)16-11-26-20(22-16)14-5-7-18(23-2)19(9-14)24-3/h4-9,11-12,21H,10H2,1-3H3. The summed E-state index contributed by atoms with van der Waals surface area (Å²) >= 11 is 1.61. The fourth-order valence-corrected chi connectivity index (χ4v) is 3.78. The molecule has 0 saturated carbocycles. The number of hydrogen-bond donors (Lipinski definition) is 1. The molecule has 1 atom stereocenters. The summed E-state index contributed by atoms with van der Waals surface area (Å²) in [4.78, 5) is 4.80. The maximum Gasteiger partial charge on any atom is 0.161 e. The van der Waals surface area contributed by atoms with Gasteiger partial charge < -0.3 is 19.5 Å². The van der Waals surface area contributed by atoms with Crippen molar-refractivity contribution in [3.05, 3.63) is 41.8 Å². The Morgan fingerprint density at radius 3 is 2.69 bits per heavy atom. The monoisotopic (exact) mass is 368 g/mol. The van der Waals surface area contributed by atoms with Gasteiger partial charge in [-0.25, -0.2) is 4.98 Å². The Kier molecular flexibility index (Phi) is 4.42. The van der Waals surface area contributed by atoms with Crippen molar-refractivity contribution in [1.29, 1.82) is 0 Å². The molecule has 5 nitrogen and oxygen atoms in total. The summed E-state index contributed by atoms with van der Waals surface area (Å²) in [7, 11) is 3.27. The molecule has 0 fully saturated rings. The highest BCUT2D eigenvalue weighted by Gasteiger charge is 2.17. The van der Waals surface area contributed by atoms with Gasteiger partial charge in [0.1, 0.15) is 16.9 Å². The summed E-state index contributed by atoms with van der Waals surface area (Å²) < 4.78 is 16.5. The number of anilines is 1. The smallest absolute Gasteiger partial charge is 0.161 e. The van der Waals surface area contributed by atoms with Crippen LogP contribution in [0.5, 0.6) is 17.2 Å². The number of nitrogens with one attached hydrogen (secondary N) is 1. The third-order valence-electron chi connectivity index (χ3n) is 4.32. The first-order valence-electron chi connectivity index (χ1n) is 8.41. The van der Waals surface area contributed by atoms with Gasteiger partial charge in [0, 0.05) is 16.5 Å². The number of hydrogen-bond acceptors (Lipinski definition) is 6. The minimum absolute atomic E-state index is 0.185. The molecule has 4 rings (SSSR count). The molecular formula is C20H20N2O3S. The van der Waals surface area contributed by atoms with E-state index in [9.17, 15) is 0 Å². The molecule has 0 aliphatic carbocycles. The average molecular weight is 368 g/mol. The molecule has 0 radical (unpaired) electrons. The lowest BCUT2D eigenvalue weighted by molar-refractivity contribution is 0.226. The Balaban J connectivity index is 1.64. The molecule has 2 heterocycles. The van der Waals surface area contributed by atoms with Gasteiger partial charge in [0.2, 0.25) is 0 Å². The molecule has 0 amide bonds. The summed E-state index contributed by atoms with van der Waals surface area (Å²) in [5.74, 6) is 2.30. The number of rotatable bonds is 4. The van der Waals surface area contributed by atoms with Crippen LogP contribution in [0.3, 0.4) is 0 Å². The van der Waals surface area contributed by atoms with Crippen LogP contribution in [0.25, 0.3) is 21.8 Å². The summed E-state index contributed by atoms with van der Waals surface area (Å²) in [6, 6.07) is 12.0. The third kappa shape index (κ3) is 3.08. The van der Waals surface area contributed by atoms with Crippen molar-refractivity contribution >= 4 is 17.0 Å². The highest BCUT2D eigenvalue weighted by molar-refractivity contribution is 7.13. The summed E-state index contributed by atoms with van der Waals surface area (Å²) in [5.41, 5.74) is 4.04. The second-order valence-corrected chi connectivity index (χ2v) is 6.99. The molecule has 134 valence electrons. The van der Waals surface area contributed by atoms with Crippen molar-refractivity contribution in [2.24, 2.45) is 0 Å². The average Bonchev–Trinajstić information content (AvgIpc) is 3.17. The minimum atomic E-state index is 0.185. The number of methoxy groups -OCH3 is 2. The maximum atomic E-state index is 5.84. The van der Waals surface area contributed by atoms with Crippen molar-refractivity contribution in [2.75, 3.05) is 26.1 Å². The van der Waals surface area contributed by atoms with Crippen LogP contribution in [0.2, 0.25) is 0 Å². The van der Waals surface area contributed by atoms with Gasteiger partial charge in [-0.2, -0.15) is 0 Å². The zero-order valence-corrected chi connectivity index (χ0v) is 15.7. The van der Waals surface area contributed by atoms with E-state index in [1.165, 1.54) is 0 Å². The predicted molar refractivity (Wildman–Crippen MR) is 105 cm³/mol. The van der Waals surface area contributed by atoms with Gasteiger partial charge in [-0.1, -0.05) is 0 Å². The Bertz CT molecular complexity index is 939.